The number of halogens is 1. The SMILES string of the molecule is N#Cc1ccc2c(c1)nc1nc(NCc3ccccc3F)[nH]n12. The molecule has 0 saturated carbocycles. The van der Waals surface area contributed by atoms with Gasteiger partial charge in [-0.3, -0.25) is 5.10 Å². The van der Waals surface area contributed by atoms with Crippen molar-refractivity contribution in [3.05, 3.63) is 59.4 Å². The van der Waals surface area contributed by atoms with Crippen LogP contribution in [0, 0.1) is 17.1 Å². The molecule has 0 amide bonds. The topological polar surface area (TPSA) is 81.8 Å². The van der Waals surface area contributed by atoms with E-state index in [1.165, 1.54) is 6.07 Å². The Labute approximate surface area is 130 Å². The fourth-order valence-corrected chi connectivity index (χ4v) is 2.45. The summed E-state index contributed by atoms with van der Waals surface area (Å²) in [4.78, 5) is 8.70. The Kier molecular flexibility index (Phi) is 2.95. The van der Waals surface area contributed by atoms with E-state index in [1.54, 1.807) is 34.8 Å². The van der Waals surface area contributed by atoms with Gasteiger partial charge in [0.05, 0.1) is 22.7 Å². The Balaban J connectivity index is 1.65. The second-order valence-electron chi connectivity index (χ2n) is 5.08. The van der Waals surface area contributed by atoms with Crippen molar-refractivity contribution in [3.63, 3.8) is 0 Å². The van der Waals surface area contributed by atoms with Gasteiger partial charge in [0.1, 0.15) is 5.82 Å². The summed E-state index contributed by atoms with van der Waals surface area (Å²) < 4.78 is 15.3. The molecule has 0 bridgehead atoms. The molecule has 2 heterocycles. The van der Waals surface area contributed by atoms with E-state index in [2.05, 4.69) is 26.5 Å². The molecule has 0 aliphatic rings. The highest BCUT2D eigenvalue weighted by molar-refractivity contribution is 5.80. The van der Waals surface area contributed by atoms with Crippen molar-refractivity contribution in [2.45, 2.75) is 6.54 Å². The molecule has 0 radical (unpaired) electrons. The highest BCUT2D eigenvalue weighted by Crippen LogP contribution is 2.18. The lowest BCUT2D eigenvalue weighted by Crippen LogP contribution is -2.03. The molecule has 23 heavy (non-hydrogen) atoms. The molecular weight excluding hydrogens is 295 g/mol. The van der Waals surface area contributed by atoms with Gasteiger partial charge in [-0.25, -0.2) is 13.9 Å². The summed E-state index contributed by atoms with van der Waals surface area (Å²) in [7, 11) is 0. The van der Waals surface area contributed by atoms with Crippen molar-refractivity contribution in [2.75, 3.05) is 5.32 Å². The van der Waals surface area contributed by atoms with Crippen LogP contribution in [0.15, 0.2) is 42.5 Å². The highest BCUT2D eigenvalue weighted by atomic mass is 19.1. The fourth-order valence-electron chi connectivity index (χ4n) is 2.45. The van der Waals surface area contributed by atoms with Crippen LogP contribution in [0.25, 0.3) is 16.8 Å². The predicted molar refractivity (Wildman–Crippen MR) is 83.3 cm³/mol. The Morgan fingerprint density at radius 2 is 2.09 bits per heavy atom. The van der Waals surface area contributed by atoms with Crippen molar-refractivity contribution in [2.24, 2.45) is 0 Å². The third-order valence-corrected chi connectivity index (χ3v) is 3.60. The van der Waals surface area contributed by atoms with Gasteiger partial charge in [0.25, 0.3) is 5.78 Å². The average Bonchev–Trinajstić information content (AvgIpc) is 3.10. The minimum absolute atomic E-state index is 0.259. The van der Waals surface area contributed by atoms with Gasteiger partial charge in [-0.2, -0.15) is 10.2 Å². The fraction of sp³-hybridized carbons (Fsp3) is 0.0625. The number of rotatable bonds is 3. The second-order valence-corrected chi connectivity index (χ2v) is 5.08. The number of hydrogen-bond donors (Lipinski definition) is 2. The number of anilines is 1. The van der Waals surface area contributed by atoms with Gasteiger partial charge >= 0.3 is 0 Å². The number of hydrogen-bond acceptors (Lipinski definition) is 4. The van der Waals surface area contributed by atoms with Crippen molar-refractivity contribution < 1.29 is 4.39 Å². The molecular formula is C16H11FN6. The average molecular weight is 306 g/mol. The Morgan fingerprint density at radius 3 is 2.91 bits per heavy atom. The number of nitrogens with zero attached hydrogens (tertiary/aromatic N) is 4. The van der Waals surface area contributed by atoms with Crippen LogP contribution in [0.3, 0.4) is 0 Å². The number of H-pyrrole nitrogens is 1. The van der Waals surface area contributed by atoms with Crippen molar-refractivity contribution >= 4 is 22.8 Å². The molecule has 0 saturated heterocycles. The Bertz CT molecular complexity index is 1060. The monoisotopic (exact) mass is 306 g/mol. The number of nitrogens with one attached hydrogen (secondary N) is 2. The van der Waals surface area contributed by atoms with Gasteiger partial charge in [-0.15, -0.1) is 0 Å². The Morgan fingerprint density at radius 1 is 1.22 bits per heavy atom. The van der Waals surface area contributed by atoms with Crippen LogP contribution in [0.2, 0.25) is 0 Å². The molecule has 4 aromatic rings. The van der Waals surface area contributed by atoms with E-state index in [0.29, 0.717) is 34.9 Å². The lowest BCUT2D eigenvalue weighted by Gasteiger charge is -2.03. The smallest absolute Gasteiger partial charge is 0.253 e. The molecule has 7 heteroatoms. The van der Waals surface area contributed by atoms with Crippen LogP contribution in [-0.4, -0.2) is 19.6 Å². The van der Waals surface area contributed by atoms with Crippen molar-refractivity contribution in [1.82, 2.24) is 19.6 Å². The largest absolute Gasteiger partial charge is 0.350 e. The standard InChI is InChI=1S/C16H11FN6/c17-12-4-2-1-3-11(12)9-19-15-21-16-20-13-7-10(8-18)5-6-14(13)23(16)22-15/h1-7H,9H2,(H2,19,20,21,22). The van der Waals surface area contributed by atoms with Gasteiger partial charge in [0, 0.05) is 12.1 Å². The summed E-state index contributed by atoms with van der Waals surface area (Å²) in [6.07, 6.45) is 0. The molecule has 6 nitrogen and oxygen atoms in total. The maximum absolute atomic E-state index is 13.6. The zero-order valence-electron chi connectivity index (χ0n) is 11.9. The minimum atomic E-state index is -0.259. The van der Waals surface area contributed by atoms with E-state index >= 15 is 0 Å². The van der Waals surface area contributed by atoms with Gasteiger partial charge < -0.3 is 5.32 Å². The number of imidazole rings is 1. The molecule has 2 aromatic heterocycles. The zero-order valence-corrected chi connectivity index (χ0v) is 11.9. The van der Waals surface area contributed by atoms with Gasteiger partial charge in [0.15, 0.2) is 0 Å². The van der Waals surface area contributed by atoms with Crippen LogP contribution in [0.4, 0.5) is 10.3 Å². The third kappa shape index (κ3) is 2.26. The minimum Gasteiger partial charge on any atom is -0.350 e. The molecule has 0 atom stereocenters. The van der Waals surface area contributed by atoms with Gasteiger partial charge in [-0.05, 0) is 24.3 Å². The van der Waals surface area contributed by atoms with Gasteiger partial charge in [-0.1, -0.05) is 18.2 Å². The lowest BCUT2D eigenvalue weighted by atomic mass is 10.2. The second kappa shape index (κ2) is 5.10. The number of fused-ring (bicyclic) bond motifs is 3. The highest BCUT2D eigenvalue weighted by Gasteiger charge is 2.10. The number of aromatic amines is 1. The first-order chi connectivity index (χ1) is 11.2. The van der Waals surface area contributed by atoms with E-state index in [0.717, 1.165) is 5.52 Å². The molecule has 0 aliphatic heterocycles. The molecule has 0 fully saturated rings. The molecule has 0 unspecified atom stereocenters. The third-order valence-electron chi connectivity index (χ3n) is 3.60. The summed E-state index contributed by atoms with van der Waals surface area (Å²) in [5.41, 5.74) is 2.63. The first-order valence-electron chi connectivity index (χ1n) is 7.00. The van der Waals surface area contributed by atoms with Crippen LogP contribution in [0.5, 0.6) is 0 Å². The lowest BCUT2D eigenvalue weighted by molar-refractivity contribution is 0.612. The summed E-state index contributed by atoms with van der Waals surface area (Å²) in [6, 6.07) is 13.9. The molecule has 4 rings (SSSR count). The quantitative estimate of drug-likeness (QED) is 0.610. The van der Waals surface area contributed by atoms with E-state index < -0.39 is 0 Å². The summed E-state index contributed by atoms with van der Waals surface area (Å²) >= 11 is 0. The van der Waals surface area contributed by atoms with Crippen LogP contribution < -0.4 is 5.32 Å². The number of benzene rings is 2. The van der Waals surface area contributed by atoms with Crippen molar-refractivity contribution in [3.8, 4) is 6.07 Å². The predicted octanol–water partition coefficient (Wildman–Crippen LogP) is 2.83. The van der Waals surface area contributed by atoms with Crippen LogP contribution >= 0.6 is 0 Å². The van der Waals surface area contributed by atoms with Crippen molar-refractivity contribution in [1.29, 1.82) is 5.26 Å². The van der Waals surface area contributed by atoms with Crippen LogP contribution in [-0.2, 0) is 6.54 Å². The van der Waals surface area contributed by atoms with Crippen LogP contribution in [0.1, 0.15) is 11.1 Å². The maximum Gasteiger partial charge on any atom is 0.253 e. The first-order valence-corrected chi connectivity index (χ1v) is 7.00. The Hall–Kier alpha value is -3.40. The summed E-state index contributed by atoms with van der Waals surface area (Å²) in [5, 5.41) is 15.0. The molecule has 112 valence electrons. The number of aromatic nitrogens is 4. The van der Waals surface area contributed by atoms with Gasteiger partial charge in [0.2, 0.25) is 5.95 Å². The maximum atomic E-state index is 13.6. The van der Waals surface area contributed by atoms with E-state index in [1.807, 2.05) is 6.07 Å². The van der Waals surface area contributed by atoms with E-state index in [4.69, 9.17) is 5.26 Å². The van der Waals surface area contributed by atoms with E-state index in [-0.39, 0.29) is 5.82 Å². The molecule has 0 spiro atoms. The molecule has 2 N–H and O–H groups in total. The van der Waals surface area contributed by atoms with E-state index in [9.17, 15) is 4.39 Å². The molecule has 0 aliphatic carbocycles. The summed E-state index contributed by atoms with van der Waals surface area (Å²) in [5.74, 6) is 0.735. The summed E-state index contributed by atoms with van der Waals surface area (Å²) in [6.45, 7) is 0.319. The normalized spacial score (nSPS) is 11.0. The zero-order chi connectivity index (χ0) is 15.8. The first kappa shape index (κ1) is 13.3. The molecule has 2 aromatic carbocycles. The number of nitriles is 1.